The molecule has 1 fully saturated rings. The molecule has 0 amide bonds. The van der Waals surface area contributed by atoms with E-state index in [9.17, 15) is 0 Å². The molecule has 0 bridgehead atoms. The molecule has 0 saturated heterocycles. The molecule has 0 spiro atoms. The molecular weight excluding hydrogens is 222 g/mol. The summed E-state index contributed by atoms with van der Waals surface area (Å²) in [4.78, 5) is 0. The summed E-state index contributed by atoms with van der Waals surface area (Å²) in [6, 6.07) is 0.567. The highest BCUT2D eigenvalue weighted by Gasteiger charge is 2.21. The van der Waals surface area contributed by atoms with Crippen molar-refractivity contribution < 1.29 is 0 Å². The molecule has 0 N–H and O–H groups in total. The van der Waals surface area contributed by atoms with E-state index >= 15 is 0 Å². The minimum absolute atomic E-state index is 0.567. The number of rotatable bonds is 2. The van der Waals surface area contributed by atoms with Gasteiger partial charge in [0.2, 0.25) is 0 Å². The van der Waals surface area contributed by atoms with E-state index in [0.717, 1.165) is 0 Å². The average Bonchev–Trinajstić information content (AvgIpc) is 2.98. The summed E-state index contributed by atoms with van der Waals surface area (Å²) in [5, 5.41) is 8.82. The topological polar surface area (TPSA) is 30.7 Å². The summed E-state index contributed by atoms with van der Waals surface area (Å²) < 4.78 is 2.15. The Hall–Kier alpha value is -1.12. The molecule has 0 radical (unpaired) electrons. The maximum atomic E-state index is 4.42. The number of hydrogen-bond acceptors (Lipinski definition) is 2. The largest absolute Gasteiger partial charge is 0.249 e. The predicted octanol–water partition coefficient (Wildman–Crippen LogP) is 4.00. The Morgan fingerprint density at radius 1 is 0.944 bits per heavy atom. The van der Waals surface area contributed by atoms with Crippen LogP contribution < -0.4 is 0 Å². The fraction of sp³-hybridized carbons (Fsp3) is 0.733. The molecule has 2 aliphatic carbocycles. The maximum absolute atomic E-state index is 4.42. The van der Waals surface area contributed by atoms with Gasteiger partial charge in [-0.15, -0.1) is 5.10 Å². The van der Waals surface area contributed by atoms with Crippen molar-refractivity contribution in [2.24, 2.45) is 0 Å². The van der Waals surface area contributed by atoms with Crippen molar-refractivity contribution >= 4 is 0 Å². The molecule has 2 aliphatic rings. The van der Waals surface area contributed by atoms with Gasteiger partial charge in [0.25, 0.3) is 0 Å². The Morgan fingerprint density at radius 2 is 1.78 bits per heavy atom. The number of allylic oxidation sites excluding steroid dienone is 2. The predicted molar refractivity (Wildman–Crippen MR) is 72.5 cm³/mol. The summed E-state index contributed by atoms with van der Waals surface area (Å²) in [5.41, 5.74) is 1.24. The fourth-order valence-corrected chi connectivity index (χ4v) is 3.28. The van der Waals surface area contributed by atoms with E-state index in [4.69, 9.17) is 0 Å². The molecule has 3 rings (SSSR count). The first-order valence-electron chi connectivity index (χ1n) is 7.50. The zero-order valence-electron chi connectivity index (χ0n) is 11.1. The second-order valence-corrected chi connectivity index (χ2v) is 5.74. The van der Waals surface area contributed by atoms with E-state index in [-0.39, 0.29) is 0 Å². The third-order valence-electron chi connectivity index (χ3n) is 4.42. The molecule has 1 aromatic rings. The SMILES string of the molecule is C1=CCCC(n2cc(C3CCCC3)nn2)CCC1. The Kier molecular flexibility index (Phi) is 3.77. The highest BCUT2D eigenvalue weighted by atomic mass is 15.4. The molecule has 3 nitrogen and oxygen atoms in total. The van der Waals surface area contributed by atoms with E-state index in [1.807, 2.05) is 0 Å². The van der Waals surface area contributed by atoms with Crippen LogP contribution in [-0.2, 0) is 0 Å². The lowest BCUT2D eigenvalue weighted by atomic mass is 10.0. The highest BCUT2D eigenvalue weighted by Crippen LogP contribution is 2.33. The number of aromatic nitrogens is 3. The molecule has 1 saturated carbocycles. The van der Waals surface area contributed by atoms with Crippen LogP contribution in [0, 0.1) is 0 Å². The Bertz CT molecular complexity index is 402. The summed E-state index contributed by atoms with van der Waals surface area (Å²) >= 11 is 0. The minimum Gasteiger partial charge on any atom is -0.249 e. The van der Waals surface area contributed by atoms with Gasteiger partial charge in [-0.3, -0.25) is 0 Å². The van der Waals surface area contributed by atoms with Crippen molar-refractivity contribution in [2.45, 2.75) is 69.7 Å². The van der Waals surface area contributed by atoms with Crippen LogP contribution in [0.15, 0.2) is 18.3 Å². The van der Waals surface area contributed by atoms with Crippen molar-refractivity contribution in [3.63, 3.8) is 0 Å². The van der Waals surface area contributed by atoms with Gasteiger partial charge in [0.15, 0.2) is 0 Å². The van der Waals surface area contributed by atoms with Crippen molar-refractivity contribution in [3.8, 4) is 0 Å². The maximum Gasteiger partial charge on any atom is 0.0858 e. The van der Waals surface area contributed by atoms with Gasteiger partial charge in [-0.05, 0) is 44.9 Å². The average molecular weight is 245 g/mol. The second kappa shape index (κ2) is 5.68. The standard InChI is InChI=1S/C15H23N3/c1-2-4-10-14(11-5-3-1)18-12-15(16-17-18)13-8-6-7-9-13/h1-2,12-14H,3-11H2. The summed E-state index contributed by atoms with van der Waals surface area (Å²) in [6.07, 6.45) is 18.4. The Labute approximate surface area is 109 Å². The zero-order valence-corrected chi connectivity index (χ0v) is 11.1. The third-order valence-corrected chi connectivity index (χ3v) is 4.42. The first-order chi connectivity index (χ1) is 8.93. The lowest BCUT2D eigenvalue weighted by Gasteiger charge is -2.17. The molecule has 3 heteroatoms. The molecule has 0 aromatic carbocycles. The van der Waals surface area contributed by atoms with Crippen LogP contribution in [0.2, 0.25) is 0 Å². The molecule has 98 valence electrons. The van der Waals surface area contributed by atoms with E-state index in [1.54, 1.807) is 0 Å². The van der Waals surface area contributed by atoms with Crippen LogP contribution in [-0.4, -0.2) is 15.0 Å². The normalized spacial score (nSPS) is 26.1. The fourth-order valence-electron chi connectivity index (χ4n) is 3.28. The van der Waals surface area contributed by atoms with E-state index in [0.29, 0.717) is 12.0 Å². The van der Waals surface area contributed by atoms with Gasteiger partial charge in [-0.1, -0.05) is 30.2 Å². The van der Waals surface area contributed by atoms with Crippen LogP contribution in [0.25, 0.3) is 0 Å². The smallest absolute Gasteiger partial charge is 0.0858 e. The van der Waals surface area contributed by atoms with Crippen molar-refractivity contribution in [1.82, 2.24) is 15.0 Å². The zero-order chi connectivity index (χ0) is 12.2. The molecule has 1 unspecified atom stereocenters. The van der Waals surface area contributed by atoms with Crippen LogP contribution in [0.1, 0.15) is 75.4 Å². The Morgan fingerprint density at radius 3 is 2.67 bits per heavy atom. The highest BCUT2D eigenvalue weighted by molar-refractivity contribution is 5.04. The van der Waals surface area contributed by atoms with E-state index < -0.39 is 0 Å². The van der Waals surface area contributed by atoms with Gasteiger partial charge in [0, 0.05) is 12.1 Å². The van der Waals surface area contributed by atoms with Gasteiger partial charge in [0.05, 0.1) is 11.7 Å². The van der Waals surface area contributed by atoms with Gasteiger partial charge in [-0.25, -0.2) is 4.68 Å². The van der Waals surface area contributed by atoms with Gasteiger partial charge in [-0.2, -0.15) is 0 Å². The van der Waals surface area contributed by atoms with E-state index in [1.165, 1.54) is 63.5 Å². The lowest BCUT2D eigenvalue weighted by Crippen LogP contribution is -2.10. The summed E-state index contributed by atoms with van der Waals surface area (Å²) in [7, 11) is 0. The monoisotopic (exact) mass is 245 g/mol. The third kappa shape index (κ3) is 2.65. The molecule has 18 heavy (non-hydrogen) atoms. The van der Waals surface area contributed by atoms with Gasteiger partial charge in [0.1, 0.15) is 0 Å². The van der Waals surface area contributed by atoms with Crippen LogP contribution in [0.5, 0.6) is 0 Å². The van der Waals surface area contributed by atoms with Crippen LogP contribution in [0.4, 0.5) is 0 Å². The molecule has 0 aliphatic heterocycles. The molecular formula is C15H23N3. The molecule has 1 aromatic heterocycles. The first kappa shape index (κ1) is 11.9. The van der Waals surface area contributed by atoms with Crippen molar-refractivity contribution in [3.05, 3.63) is 24.0 Å². The van der Waals surface area contributed by atoms with Crippen molar-refractivity contribution in [1.29, 1.82) is 0 Å². The molecule has 1 heterocycles. The second-order valence-electron chi connectivity index (χ2n) is 5.74. The van der Waals surface area contributed by atoms with Crippen LogP contribution >= 0.6 is 0 Å². The Balaban J connectivity index is 1.69. The van der Waals surface area contributed by atoms with E-state index in [2.05, 4.69) is 33.3 Å². The lowest BCUT2D eigenvalue weighted by molar-refractivity contribution is 0.380. The summed E-state index contributed by atoms with van der Waals surface area (Å²) in [5.74, 6) is 0.687. The van der Waals surface area contributed by atoms with Crippen LogP contribution in [0.3, 0.4) is 0 Å². The first-order valence-corrected chi connectivity index (χ1v) is 7.50. The number of hydrogen-bond donors (Lipinski definition) is 0. The van der Waals surface area contributed by atoms with Gasteiger partial charge < -0.3 is 0 Å². The number of nitrogens with zero attached hydrogens (tertiary/aromatic N) is 3. The molecule has 1 atom stereocenters. The quantitative estimate of drug-likeness (QED) is 0.737. The minimum atomic E-state index is 0.567. The van der Waals surface area contributed by atoms with Gasteiger partial charge >= 0.3 is 0 Å². The van der Waals surface area contributed by atoms with Crippen molar-refractivity contribution in [2.75, 3.05) is 0 Å². The summed E-state index contributed by atoms with van der Waals surface area (Å²) in [6.45, 7) is 0.